The van der Waals surface area contributed by atoms with Crippen molar-refractivity contribution in [2.45, 2.75) is 12.7 Å². The number of carboxylic acids is 1. The number of halogens is 3. The van der Waals surface area contributed by atoms with Crippen molar-refractivity contribution in [3.63, 3.8) is 0 Å². The molecule has 10 heteroatoms. The summed E-state index contributed by atoms with van der Waals surface area (Å²) < 4.78 is 39.2. The Bertz CT molecular complexity index is 1170. The summed E-state index contributed by atoms with van der Waals surface area (Å²) in [5.74, 6) is -1.57. The molecule has 0 saturated carbocycles. The Hall–Kier alpha value is -3.40. The molecule has 1 aliphatic rings. The molecule has 3 aromatic rings. The number of hydrogen-bond acceptors (Lipinski definition) is 5. The van der Waals surface area contributed by atoms with E-state index >= 15 is 0 Å². The van der Waals surface area contributed by atoms with Crippen LogP contribution < -0.4 is 5.43 Å². The predicted octanol–water partition coefficient (Wildman–Crippen LogP) is 3.90. The highest BCUT2D eigenvalue weighted by atomic mass is 32.1. The van der Waals surface area contributed by atoms with Crippen molar-refractivity contribution in [2.75, 3.05) is 0 Å². The quantitative estimate of drug-likeness (QED) is 0.630. The number of aromatic nitrogens is 1. The Morgan fingerprint density at radius 3 is 2.62 bits per heavy atom. The van der Waals surface area contributed by atoms with Gasteiger partial charge in [-0.15, -0.1) is 11.3 Å². The van der Waals surface area contributed by atoms with Crippen LogP contribution in [-0.2, 0) is 17.5 Å². The van der Waals surface area contributed by atoms with E-state index in [1.807, 2.05) is 0 Å². The fourth-order valence-electron chi connectivity index (χ4n) is 3.01. The number of carbonyl (C=O) groups is 2. The fourth-order valence-corrected chi connectivity index (χ4v) is 3.94. The first-order chi connectivity index (χ1) is 13.7. The Morgan fingerprint density at radius 2 is 1.93 bits per heavy atom. The lowest BCUT2D eigenvalue weighted by Gasteiger charge is -2.31. The van der Waals surface area contributed by atoms with Crippen molar-refractivity contribution in [1.29, 1.82) is 0 Å². The van der Waals surface area contributed by atoms with Gasteiger partial charge in [0, 0.05) is 11.6 Å². The van der Waals surface area contributed by atoms with Crippen LogP contribution in [0.5, 0.6) is 0 Å². The van der Waals surface area contributed by atoms with E-state index in [1.165, 1.54) is 11.1 Å². The second kappa shape index (κ2) is 6.89. The molecular weight excluding hydrogens is 407 g/mol. The number of thiazole rings is 1. The highest BCUT2D eigenvalue weighted by Gasteiger charge is 2.31. The van der Waals surface area contributed by atoms with E-state index in [1.54, 1.807) is 24.3 Å². The van der Waals surface area contributed by atoms with Gasteiger partial charge < -0.3 is 5.11 Å². The molecule has 0 saturated heterocycles. The van der Waals surface area contributed by atoms with E-state index in [0.717, 1.165) is 29.5 Å². The maximum atomic E-state index is 12.9. The highest BCUT2D eigenvalue weighted by Crippen LogP contribution is 2.33. The third-order valence-corrected chi connectivity index (χ3v) is 5.29. The minimum Gasteiger partial charge on any atom is -0.478 e. The molecule has 6 nitrogen and oxygen atoms in total. The van der Waals surface area contributed by atoms with Crippen LogP contribution in [0.4, 0.5) is 13.2 Å². The van der Waals surface area contributed by atoms with Crippen molar-refractivity contribution in [3.8, 4) is 0 Å². The number of hydrogen-bond donors (Lipinski definition) is 2. The number of carbonyl (C=O) groups excluding carboxylic acids is 1. The average molecular weight is 419 g/mol. The Labute approximate surface area is 165 Å². The SMILES string of the molecule is O=C(O)C=C1NN(Cc2nc3cc(C(F)(F)F)ccc3s2)C(=O)c2ccccc21. The topological polar surface area (TPSA) is 82.5 Å². The molecule has 2 aromatic carbocycles. The number of carboxylic acid groups (broad SMARTS) is 1. The van der Waals surface area contributed by atoms with Gasteiger partial charge in [0.25, 0.3) is 5.91 Å². The van der Waals surface area contributed by atoms with Gasteiger partial charge in [0.2, 0.25) is 0 Å². The maximum absolute atomic E-state index is 12.9. The lowest BCUT2D eigenvalue weighted by atomic mass is 10.0. The summed E-state index contributed by atoms with van der Waals surface area (Å²) in [6.07, 6.45) is -3.52. The van der Waals surface area contributed by atoms with Gasteiger partial charge in [-0.05, 0) is 24.3 Å². The normalized spacial score (nSPS) is 15.5. The first-order valence-corrected chi connectivity index (χ1v) is 9.13. The first-order valence-electron chi connectivity index (χ1n) is 8.31. The average Bonchev–Trinajstić information content (AvgIpc) is 3.06. The zero-order valence-electron chi connectivity index (χ0n) is 14.5. The molecule has 0 unspecified atom stereocenters. The summed E-state index contributed by atoms with van der Waals surface area (Å²) in [6, 6.07) is 9.85. The van der Waals surface area contributed by atoms with Gasteiger partial charge in [-0.3, -0.25) is 10.2 Å². The number of hydrazine groups is 1. The standard InChI is InChI=1S/C19H12F3N3O3S/c20-19(21,22)10-5-6-15-14(7-10)23-16(29-15)9-25-18(28)12-4-2-1-3-11(12)13(24-25)8-17(26)27/h1-8,24H,9H2,(H,26,27). The van der Waals surface area contributed by atoms with E-state index in [0.29, 0.717) is 20.8 Å². The molecule has 0 fully saturated rings. The molecule has 0 atom stereocenters. The molecular formula is C19H12F3N3O3S. The van der Waals surface area contributed by atoms with Crippen LogP contribution >= 0.6 is 11.3 Å². The number of nitrogens with one attached hydrogen (secondary N) is 1. The molecule has 2 N–H and O–H groups in total. The molecule has 1 aliphatic heterocycles. The summed E-state index contributed by atoms with van der Waals surface area (Å²) in [7, 11) is 0. The third-order valence-electron chi connectivity index (χ3n) is 4.27. The minimum absolute atomic E-state index is 0.0369. The second-order valence-corrected chi connectivity index (χ2v) is 7.35. The van der Waals surface area contributed by atoms with E-state index in [2.05, 4.69) is 10.4 Å². The lowest BCUT2D eigenvalue weighted by molar-refractivity contribution is -0.137. The van der Waals surface area contributed by atoms with E-state index in [-0.39, 0.29) is 17.8 Å². The van der Waals surface area contributed by atoms with Crippen molar-refractivity contribution in [2.24, 2.45) is 0 Å². The molecule has 29 heavy (non-hydrogen) atoms. The summed E-state index contributed by atoms with van der Waals surface area (Å²) >= 11 is 1.16. The van der Waals surface area contributed by atoms with Crippen molar-refractivity contribution >= 4 is 39.1 Å². The molecule has 1 aromatic heterocycles. The minimum atomic E-state index is -4.47. The van der Waals surface area contributed by atoms with E-state index in [9.17, 15) is 22.8 Å². The predicted molar refractivity (Wildman–Crippen MR) is 99.7 cm³/mol. The molecule has 148 valence electrons. The monoisotopic (exact) mass is 419 g/mol. The van der Waals surface area contributed by atoms with E-state index < -0.39 is 23.6 Å². The van der Waals surface area contributed by atoms with Crippen molar-refractivity contribution in [3.05, 3.63) is 70.2 Å². The molecule has 0 radical (unpaired) electrons. The summed E-state index contributed by atoms with van der Waals surface area (Å²) in [6.45, 7) is -0.0369. The Balaban J connectivity index is 1.67. The van der Waals surface area contributed by atoms with E-state index in [4.69, 9.17) is 5.11 Å². The second-order valence-electron chi connectivity index (χ2n) is 6.23. The van der Waals surface area contributed by atoms with Gasteiger partial charge in [0.1, 0.15) is 5.01 Å². The zero-order valence-corrected chi connectivity index (χ0v) is 15.3. The van der Waals surface area contributed by atoms with Gasteiger partial charge in [-0.25, -0.2) is 14.8 Å². The summed E-state index contributed by atoms with van der Waals surface area (Å²) in [5.41, 5.74) is 3.16. The molecule has 1 amide bonds. The first kappa shape index (κ1) is 18.9. The van der Waals surface area contributed by atoms with Gasteiger partial charge in [0.05, 0.1) is 33.6 Å². The van der Waals surface area contributed by atoms with Crippen LogP contribution in [0.15, 0.2) is 48.5 Å². The van der Waals surface area contributed by atoms with Crippen LogP contribution in [0.2, 0.25) is 0 Å². The number of aliphatic carboxylic acids is 1. The number of benzene rings is 2. The number of alkyl halides is 3. The number of amides is 1. The fraction of sp³-hybridized carbons (Fsp3) is 0.105. The molecule has 4 rings (SSSR count). The maximum Gasteiger partial charge on any atom is 0.416 e. The van der Waals surface area contributed by atoms with Crippen molar-refractivity contribution < 1.29 is 27.9 Å². The van der Waals surface area contributed by atoms with Crippen LogP contribution in [0.3, 0.4) is 0 Å². The molecule has 0 aliphatic carbocycles. The Kier molecular flexibility index (Phi) is 4.50. The smallest absolute Gasteiger partial charge is 0.416 e. The van der Waals surface area contributed by atoms with Gasteiger partial charge in [-0.1, -0.05) is 18.2 Å². The largest absolute Gasteiger partial charge is 0.478 e. The number of nitrogens with zero attached hydrogens (tertiary/aromatic N) is 2. The molecule has 2 heterocycles. The zero-order chi connectivity index (χ0) is 20.8. The number of rotatable bonds is 3. The van der Waals surface area contributed by atoms with Gasteiger partial charge in [0.15, 0.2) is 0 Å². The molecule has 0 spiro atoms. The van der Waals surface area contributed by atoms with Crippen LogP contribution in [0.1, 0.15) is 26.5 Å². The third kappa shape index (κ3) is 3.66. The van der Waals surface area contributed by atoms with Gasteiger partial charge in [-0.2, -0.15) is 13.2 Å². The summed E-state index contributed by atoms with van der Waals surface area (Å²) in [5, 5.41) is 10.7. The lowest BCUT2D eigenvalue weighted by Crippen LogP contribution is -2.45. The van der Waals surface area contributed by atoms with Crippen LogP contribution in [-0.4, -0.2) is 27.0 Å². The highest BCUT2D eigenvalue weighted by molar-refractivity contribution is 7.18. The van der Waals surface area contributed by atoms with Crippen molar-refractivity contribution in [1.82, 2.24) is 15.4 Å². The van der Waals surface area contributed by atoms with Crippen LogP contribution in [0, 0.1) is 0 Å². The summed E-state index contributed by atoms with van der Waals surface area (Å²) in [4.78, 5) is 28.1. The van der Waals surface area contributed by atoms with Gasteiger partial charge >= 0.3 is 12.1 Å². The Morgan fingerprint density at radius 1 is 1.21 bits per heavy atom. The molecule has 0 bridgehead atoms. The number of fused-ring (bicyclic) bond motifs is 2. The van der Waals surface area contributed by atoms with Crippen LogP contribution in [0.25, 0.3) is 15.9 Å².